The van der Waals surface area contributed by atoms with Crippen LogP contribution in [0.15, 0.2) is 36.7 Å². The Hall–Kier alpha value is -2.93. The normalized spacial score (nSPS) is 17.1. The summed E-state index contributed by atoms with van der Waals surface area (Å²) in [5, 5.41) is 13.6. The second kappa shape index (κ2) is 7.59. The highest BCUT2D eigenvalue weighted by atomic mass is 16.3. The Balaban J connectivity index is 1.66. The van der Waals surface area contributed by atoms with Crippen molar-refractivity contribution in [3.8, 4) is 0 Å². The first kappa shape index (κ1) is 18.4. The predicted octanol–water partition coefficient (Wildman–Crippen LogP) is 2.86. The van der Waals surface area contributed by atoms with Gasteiger partial charge >= 0.3 is 0 Å². The fourth-order valence-electron chi connectivity index (χ4n) is 3.77. The molecule has 2 N–H and O–H groups in total. The largest absolute Gasteiger partial charge is 0.396 e. The lowest BCUT2D eigenvalue weighted by Crippen LogP contribution is -2.41. The summed E-state index contributed by atoms with van der Waals surface area (Å²) in [5.41, 5.74) is 3.42. The van der Waals surface area contributed by atoms with E-state index in [4.69, 9.17) is 0 Å². The molecule has 1 fully saturated rings. The number of amides is 1. The molecule has 3 aromatic rings. The first-order valence-corrected chi connectivity index (χ1v) is 9.61. The van der Waals surface area contributed by atoms with Crippen LogP contribution < -0.4 is 5.32 Å². The molecule has 1 aromatic carbocycles. The van der Waals surface area contributed by atoms with E-state index in [0.29, 0.717) is 23.7 Å². The van der Waals surface area contributed by atoms with Gasteiger partial charge < -0.3 is 19.9 Å². The maximum atomic E-state index is 13.1. The summed E-state index contributed by atoms with van der Waals surface area (Å²) in [6.45, 7) is 3.48. The van der Waals surface area contributed by atoms with Crippen molar-refractivity contribution in [3.63, 3.8) is 0 Å². The average molecular weight is 379 g/mol. The molecule has 0 aliphatic carbocycles. The molecule has 0 spiro atoms. The lowest BCUT2D eigenvalue weighted by Gasteiger charge is -2.31. The Morgan fingerprint density at radius 3 is 2.82 bits per heavy atom. The third-order valence-electron chi connectivity index (χ3n) is 5.42. The van der Waals surface area contributed by atoms with Gasteiger partial charge in [0, 0.05) is 32.4 Å². The van der Waals surface area contributed by atoms with Crippen molar-refractivity contribution in [2.24, 2.45) is 13.0 Å². The SMILES string of the molecule is Cc1ccc(Nc2ncnc3c2cc(C(=O)N2CCCC(CO)C2)n3C)cc1. The van der Waals surface area contributed by atoms with Crippen molar-refractivity contribution >= 4 is 28.4 Å². The molecule has 28 heavy (non-hydrogen) atoms. The lowest BCUT2D eigenvalue weighted by atomic mass is 9.99. The van der Waals surface area contributed by atoms with E-state index in [1.807, 2.05) is 53.8 Å². The number of nitrogens with one attached hydrogen (secondary N) is 1. The molecule has 1 atom stereocenters. The Kier molecular flexibility index (Phi) is 5.00. The van der Waals surface area contributed by atoms with Crippen LogP contribution in [0.2, 0.25) is 0 Å². The third kappa shape index (κ3) is 3.45. The minimum atomic E-state index is -0.0278. The summed E-state index contributed by atoms with van der Waals surface area (Å²) in [7, 11) is 1.85. The number of aliphatic hydroxyl groups is 1. The number of piperidine rings is 1. The zero-order chi connectivity index (χ0) is 19.7. The first-order chi connectivity index (χ1) is 13.6. The number of rotatable bonds is 4. The fraction of sp³-hybridized carbons (Fsp3) is 0.381. The van der Waals surface area contributed by atoms with Gasteiger partial charge in [-0.3, -0.25) is 4.79 Å². The van der Waals surface area contributed by atoms with E-state index in [1.165, 1.54) is 11.9 Å². The van der Waals surface area contributed by atoms with E-state index in [-0.39, 0.29) is 18.4 Å². The quantitative estimate of drug-likeness (QED) is 0.728. The van der Waals surface area contributed by atoms with Crippen molar-refractivity contribution in [3.05, 3.63) is 47.9 Å². The number of benzene rings is 1. The summed E-state index contributed by atoms with van der Waals surface area (Å²) >= 11 is 0. The maximum absolute atomic E-state index is 13.1. The summed E-state index contributed by atoms with van der Waals surface area (Å²) in [5.74, 6) is 0.807. The van der Waals surface area contributed by atoms with Crippen LogP contribution in [-0.2, 0) is 7.05 Å². The van der Waals surface area contributed by atoms with Gasteiger partial charge in [-0.25, -0.2) is 9.97 Å². The van der Waals surface area contributed by atoms with Gasteiger partial charge in [0.15, 0.2) is 0 Å². The van der Waals surface area contributed by atoms with Crippen LogP contribution >= 0.6 is 0 Å². The molecule has 7 nitrogen and oxygen atoms in total. The molecule has 4 rings (SSSR count). The van der Waals surface area contributed by atoms with Gasteiger partial charge in [-0.15, -0.1) is 0 Å². The Labute approximate surface area is 164 Å². The molecule has 1 aliphatic rings. The number of nitrogens with zero attached hydrogens (tertiary/aromatic N) is 4. The van der Waals surface area contributed by atoms with Crippen LogP contribution in [0.25, 0.3) is 11.0 Å². The number of aromatic nitrogens is 3. The van der Waals surface area contributed by atoms with Crippen LogP contribution in [0.3, 0.4) is 0 Å². The molecule has 1 amide bonds. The third-order valence-corrected chi connectivity index (χ3v) is 5.42. The number of carbonyl (C=O) groups is 1. The minimum Gasteiger partial charge on any atom is -0.396 e. The predicted molar refractivity (Wildman–Crippen MR) is 109 cm³/mol. The second-order valence-corrected chi connectivity index (χ2v) is 7.48. The van der Waals surface area contributed by atoms with Gasteiger partial charge in [0.25, 0.3) is 5.91 Å². The Morgan fingerprint density at radius 1 is 1.29 bits per heavy atom. The average Bonchev–Trinajstić information content (AvgIpc) is 3.07. The molecule has 1 saturated heterocycles. The number of likely N-dealkylation sites (tertiary alicyclic amines) is 1. The minimum absolute atomic E-state index is 0.0278. The van der Waals surface area contributed by atoms with Gasteiger partial charge in [-0.1, -0.05) is 17.7 Å². The molecule has 0 saturated carbocycles. The van der Waals surface area contributed by atoms with Crippen molar-refractivity contribution in [1.29, 1.82) is 0 Å². The molecular weight excluding hydrogens is 354 g/mol. The van der Waals surface area contributed by atoms with Gasteiger partial charge in [0.2, 0.25) is 0 Å². The topological polar surface area (TPSA) is 83.3 Å². The van der Waals surface area contributed by atoms with Crippen LogP contribution in [-0.4, -0.2) is 50.1 Å². The lowest BCUT2D eigenvalue weighted by molar-refractivity contribution is 0.0612. The van der Waals surface area contributed by atoms with E-state index in [0.717, 1.165) is 30.5 Å². The van der Waals surface area contributed by atoms with Crippen LogP contribution in [0.4, 0.5) is 11.5 Å². The van der Waals surface area contributed by atoms with Crippen molar-refractivity contribution in [2.45, 2.75) is 19.8 Å². The zero-order valence-corrected chi connectivity index (χ0v) is 16.2. The van der Waals surface area contributed by atoms with E-state index < -0.39 is 0 Å². The van der Waals surface area contributed by atoms with Crippen LogP contribution in [0, 0.1) is 12.8 Å². The fourth-order valence-corrected chi connectivity index (χ4v) is 3.77. The summed E-state index contributed by atoms with van der Waals surface area (Å²) in [6.07, 6.45) is 3.39. The van der Waals surface area contributed by atoms with Crippen LogP contribution in [0.1, 0.15) is 28.9 Å². The van der Waals surface area contributed by atoms with Crippen LogP contribution in [0.5, 0.6) is 0 Å². The number of hydrogen-bond acceptors (Lipinski definition) is 5. The monoisotopic (exact) mass is 379 g/mol. The molecule has 0 radical (unpaired) electrons. The van der Waals surface area contributed by atoms with Crippen molar-refractivity contribution < 1.29 is 9.90 Å². The number of aryl methyl sites for hydroxylation is 2. The Morgan fingerprint density at radius 2 is 2.07 bits per heavy atom. The number of aliphatic hydroxyl groups excluding tert-OH is 1. The summed E-state index contributed by atoms with van der Waals surface area (Å²) < 4.78 is 1.82. The molecule has 7 heteroatoms. The zero-order valence-electron chi connectivity index (χ0n) is 16.2. The molecule has 3 heterocycles. The molecule has 0 bridgehead atoms. The van der Waals surface area contributed by atoms with Crippen molar-refractivity contribution in [1.82, 2.24) is 19.4 Å². The second-order valence-electron chi connectivity index (χ2n) is 7.48. The number of fused-ring (bicyclic) bond motifs is 1. The van der Waals surface area contributed by atoms with E-state index in [2.05, 4.69) is 15.3 Å². The number of carbonyl (C=O) groups excluding carboxylic acids is 1. The molecule has 1 aliphatic heterocycles. The molecule has 1 unspecified atom stereocenters. The van der Waals surface area contributed by atoms with E-state index >= 15 is 0 Å². The number of anilines is 2. The van der Waals surface area contributed by atoms with E-state index in [1.54, 1.807) is 0 Å². The molecule has 2 aromatic heterocycles. The standard InChI is InChI=1S/C21H25N5O2/c1-14-5-7-16(8-6-14)24-19-17-10-18(25(2)20(17)23-13-22-19)21(28)26-9-3-4-15(11-26)12-27/h5-8,10,13,15,27H,3-4,9,11-12H2,1-2H3,(H,22,23,24). The highest BCUT2D eigenvalue weighted by Crippen LogP contribution is 2.27. The highest BCUT2D eigenvalue weighted by molar-refractivity contribution is 6.01. The first-order valence-electron chi connectivity index (χ1n) is 9.61. The summed E-state index contributed by atoms with van der Waals surface area (Å²) in [6, 6.07) is 9.93. The van der Waals surface area contributed by atoms with Gasteiger partial charge in [-0.05, 0) is 43.9 Å². The van der Waals surface area contributed by atoms with Gasteiger partial charge in [0.05, 0.1) is 5.39 Å². The van der Waals surface area contributed by atoms with E-state index in [9.17, 15) is 9.90 Å². The maximum Gasteiger partial charge on any atom is 0.270 e. The number of hydrogen-bond donors (Lipinski definition) is 2. The molecular formula is C21H25N5O2. The molecule has 146 valence electrons. The van der Waals surface area contributed by atoms with Gasteiger partial charge in [0.1, 0.15) is 23.5 Å². The highest BCUT2D eigenvalue weighted by Gasteiger charge is 2.27. The van der Waals surface area contributed by atoms with Crippen molar-refractivity contribution in [2.75, 3.05) is 25.0 Å². The Bertz CT molecular complexity index is 996. The van der Waals surface area contributed by atoms with Gasteiger partial charge in [-0.2, -0.15) is 0 Å². The summed E-state index contributed by atoms with van der Waals surface area (Å²) in [4.78, 5) is 23.7. The smallest absolute Gasteiger partial charge is 0.270 e.